The van der Waals surface area contributed by atoms with E-state index in [1.165, 1.54) is 0 Å². The van der Waals surface area contributed by atoms with Crippen LogP contribution in [0.15, 0.2) is 0 Å². The van der Waals surface area contributed by atoms with Crippen molar-refractivity contribution < 1.29 is 9.47 Å². The van der Waals surface area contributed by atoms with Crippen LogP contribution in [-0.2, 0) is 9.47 Å². The fourth-order valence-corrected chi connectivity index (χ4v) is 1.47. The lowest BCUT2D eigenvalue weighted by atomic mass is 9.95. The van der Waals surface area contributed by atoms with Crippen LogP contribution in [0.2, 0.25) is 0 Å². The fraction of sp³-hybridized carbons (Fsp3) is 1.00. The summed E-state index contributed by atoms with van der Waals surface area (Å²) in [6.07, 6.45) is 0. The number of thiol groups is 1. The van der Waals surface area contributed by atoms with Crippen LogP contribution in [0.25, 0.3) is 0 Å². The van der Waals surface area contributed by atoms with Crippen molar-refractivity contribution in [3.63, 3.8) is 0 Å². The molecule has 0 heterocycles. The van der Waals surface area contributed by atoms with E-state index < -0.39 is 0 Å². The van der Waals surface area contributed by atoms with Gasteiger partial charge in [-0.25, -0.2) is 0 Å². The summed E-state index contributed by atoms with van der Waals surface area (Å²) in [5.74, 6) is 0.892. The molecular weight excluding hydrogens is 210 g/mol. The first-order valence-corrected chi connectivity index (χ1v) is 6.00. The number of rotatable bonds is 9. The molecular formula is C11H25NO2S. The second kappa shape index (κ2) is 8.39. The van der Waals surface area contributed by atoms with E-state index >= 15 is 0 Å². The molecule has 0 fully saturated rings. The zero-order valence-corrected chi connectivity index (χ0v) is 11.3. The van der Waals surface area contributed by atoms with E-state index in [1.54, 1.807) is 14.2 Å². The molecule has 0 aromatic carbocycles. The molecule has 0 aliphatic carbocycles. The number of ether oxygens (including phenoxy) is 2. The second-order valence-corrected chi connectivity index (χ2v) is 4.90. The van der Waals surface area contributed by atoms with Crippen molar-refractivity contribution in [3.8, 4) is 0 Å². The quantitative estimate of drug-likeness (QED) is 0.613. The van der Waals surface area contributed by atoms with Gasteiger partial charge in [0.2, 0.25) is 0 Å². The fourth-order valence-electron chi connectivity index (χ4n) is 1.37. The molecule has 0 aromatic heterocycles. The molecule has 3 nitrogen and oxygen atoms in total. The Kier molecular flexibility index (Phi) is 8.52. The Labute approximate surface area is 99.5 Å². The van der Waals surface area contributed by atoms with Crippen LogP contribution in [0.4, 0.5) is 0 Å². The van der Waals surface area contributed by atoms with Gasteiger partial charge in [0.15, 0.2) is 0 Å². The van der Waals surface area contributed by atoms with E-state index in [4.69, 9.17) is 9.47 Å². The summed E-state index contributed by atoms with van der Waals surface area (Å²) in [5.41, 5.74) is 0.241. The van der Waals surface area contributed by atoms with Gasteiger partial charge in [-0.05, 0) is 11.2 Å². The first-order valence-electron chi connectivity index (χ1n) is 5.37. The molecule has 0 saturated carbocycles. The van der Waals surface area contributed by atoms with Gasteiger partial charge in [0.25, 0.3) is 0 Å². The first-order chi connectivity index (χ1) is 7.05. The van der Waals surface area contributed by atoms with Gasteiger partial charge in [-0.15, -0.1) is 0 Å². The third-order valence-electron chi connectivity index (χ3n) is 2.30. The van der Waals surface area contributed by atoms with Crippen LogP contribution in [0.1, 0.15) is 13.8 Å². The predicted molar refractivity (Wildman–Crippen MR) is 67.8 cm³/mol. The highest BCUT2D eigenvalue weighted by molar-refractivity contribution is 7.80. The smallest absolute Gasteiger partial charge is 0.0589 e. The van der Waals surface area contributed by atoms with E-state index in [2.05, 4.69) is 31.4 Å². The highest BCUT2D eigenvalue weighted by Gasteiger charge is 2.19. The second-order valence-electron chi connectivity index (χ2n) is 4.58. The summed E-state index contributed by atoms with van der Waals surface area (Å²) in [6.45, 7) is 8.94. The van der Waals surface area contributed by atoms with E-state index in [-0.39, 0.29) is 5.41 Å². The van der Waals surface area contributed by atoms with Crippen LogP contribution in [0.5, 0.6) is 0 Å². The van der Waals surface area contributed by atoms with Crippen molar-refractivity contribution in [1.82, 2.24) is 4.90 Å². The molecule has 0 spiro atoms. The molecule has 0 radical (unpaired) electrons. The van der Waals surface area contributed by atoms with Crippen LogP contribution < -0.4 is 0 Å². The summed E-state index contributed by atoms with van der Waals surface area (Å²) in [4.78, 5) is 2.36. The maximum Gasteiger partial charge on any atom is 0.0589 e. The Bertz CT molecular complexity index is 146. The van der Waals surface area contributed by atoms with Gasteiger partial charge in [-0.3, -0.25) is 4.90 Å². The van der Waals surface area contributed by atoms with Crippen molar-refractivity contribution >= 4 is 12.6 Å². The predicted octanol–water partition coefficient (Wildman–Crippen LogP) is 1.54. The maximum atomic E-state index is 5.10. The van der Waals surface area contributed by atoms with Gasteiger partial charge in [0.05, 0.1) is 13.2 Å². The topological polar surface area (TPSA) is 21.7 Å². The van der Waals surface area contributed by atoms with Crippen molar-refractivity contribution in [3.05, 3.63) is 0 Å². The van der Waals surface area contributed by atoms with Gasteiger partial charge in [-0.2, -0.15) is 12.6 Å². The van der Waals surface area contributed by atoms with Gasteiger partial charge < -0.3 is 9.47 Å². The summed E-state index contributed by atoms with van der Waals surface area (Å²) in [7, 11) is 3.47. The lowest BCUT2D eigenvalue weighted by molar-refractivity contribution is 0.0938. The minimum atomic E-state index is 0.241. The Morgan fingerprint density at radius 1 is 1.07 bits per heavy atom. The lowest BCUT2D eigenvalue weighted by Gasteiger charge is -2.31. The number of hydrogen-bond donors (Lipinski definition) is 1. The van der Waals surface area contributed by atoms with Crippen molar-refractivity contribution in [2.24, 2.45) is 5.41 Å². The third-order valence-corrected chi connectivity index (χ3v) is 3.16. The summed E-state index contributed by atoms with van der Waals surface area (Å²) in [5, 5.41) is 0. The first kappa shape index (κ1) is 15.2. The van der Waals surface area contributed by atoms with E-state index in [0.29, 0.717) is 0 Å². The molecule has 0 N–H and O–H groups in total. The molecule has 0 aliphatic heterocycles. The average Bonchev–Trinajstić information content (AvgIpc) is 2.22. The normalized spacial score (nSPS) is 12.4. The number of methoxy groups -OCH3 is 2. The maximum absolute atomic E-state index is 5.10. The average molecular weight is 235 g/mol. The molecule has 0 aliphatic rings. The Morgan fingerprint density at radius 3 is 1.87 bits per heavy atom. The Morgan fingerprint density at radius 2 is 1.53 bits per heavy atom. The lowest BCUT2D eigenvalue weighted by Crippen LogP contribution is -2.39. The summed E-state index contributed by atoms with van der Waals surface area (Å²) in [6, 6.07) is 0. The highest BCUT2D eigenvalue weighted by atomic mass is 32.1. The molecule has 15 heavy (non-hydrogen) atoms. The molecule has 92 valence electrons. The minimum absolute atomic E-state index is 0.241. The largest absolute Gasteiger partial charge is 0.383 e. The standard InChI is InChI=1S/C11H25NO2S/c1-11(2,10-15)9-12(5-7-13-3)6-8-14-4/h15H,5-10H2,1-4H3. The monoisotopic (exact) mass is 235 g/mol. The molecule has 0 atom stereocenters. The molecule has 0 aromatic rings. The van der Waals surface area contributed by atoms with E-state index in [1.807, 2.05) is 0 Å². The van der Waals surface area contributed by atoms with Gasteiger partial charge in [0, 0.05) is 33.9 Å². The van der Waals surface area contributed by atoms with Crippen LogP contribution >= 0.6 is 12.6 Å². The van der Waals surface area contributed by atoms with Gasteiger partial charge in [-0.1, -0.05) is 13.8 Å². The molecule has 0 unspecified atom stereocenters. The number of hydrogen-bond acceptors (Lipinski definition) is 4. The molecule has 0 bridgehead atoms. The summed E-state index contributed by atoms with van der Waals surface area (Å²) >= 11 is 4.37. The minimum Gasteiger partial charge on any atom is -0.383 e. The van der Waals surface area contributed by atoms with Crippen molar-refractivity contribution in [2.45, 2.75) is 13.8 Å². The van der Waals surface area contributed by atoms with Crippen molar-refractivity contribution in [1.29, 1.82) is 0 Å². The molecule has 4 heteroatoms. The van der Waals surface area contributed by atoms with E-state index in [9.17, 15) is 0 Å². The van der Waals surface area contributed by atoms with Crippen molar-refractivity contribution in [2.75, 3.05) is 52.8 Å². The Balaban J connectivity index is 3.98. The van der Waals surface area contributed by atoms with E-state index in [0.717, 1.165) is 38.6 Å². The van der Waals surface area contributed by atoms with Crippen LogP contribution in [0, 0.1) is 5.41 Å². The van der Waals surface area contributed by atoms with Gasteiger partial charge in [0.1, 0.15) is 0 Å². The summed E-state index contributed by atoms with van der Waals surface area (Å²) < 4.78 is 10.2. The molecule has 0 saturated heterocycles. The highest BCUT2D eigenvalue weighted by Crippen LogP contribution is 2.18. The van der Waals surface area contributed by atoms with Crippen LogP contribution in [0.3, 0.4) is 0 Å². The molecule has 0 amide bonds. The van der Waals surface area contributed by atoms with Gasteiger partial charge >= 0.3 is 0 Å². The van der Waals surface area contributed by atoms with Crippen LogP contribution in [-0.4, -0.2) is 57.7 Å². The Hall–Kier alpha value is 0.230. The zero-order chi connectivity index (χ0) is 11.7. The molecule has 0 rings (SSSR count). The zero-order valence-electron chi connectivity index (χ0n) is 10.5. The SMILES string of the molecule is COCCN(CCOC)CC(C)(C)CS. The third kappa shape index (κ3) is 8.08. The number of nitrogens with zero attached hydrogens (tertiary/aromatic N) is 1.